The molecule has 0 radical (unpaired) electrons. The van der Waals surface area contributed by atoms with Gasteiger partial charge < -0.3 is 9.47 Å². The van der Waals surface area contributed by atoms with Crippen LogP contribution in [0.1, 0.15) is 17.3 Å². The third-order valence-corrected chi connectivity index (χ3v) is 5.55. The molecule has 0 unspecified atom stereocenters. The first-order valence-electron chi connectivity index (χ1n) is 9.60. The maximum atomic E-state index is 12.9. The first-order valence-corrected chi connectivity index (χ1v) is 10.6. The van der Waals surface area contributed by atoms with E-state index in [0.29, 0.717) is 28.8 Å². The van der Waals surface area contributed by atoms with Crippen molar-refractivity contribution in [2.45, 2.75) is 12.1 Å². The van der Waals surface area contributed by atoms with E-state index in [1.54, 1.807) is 48.2 Å². The first-order chi connectivity index (χ1) is 15.1. The topological polar surface area (TPSA) is 87.7 Å². The molecule has 0 saturated heterocycles. The Labute approximate surface area is 182 Å². The third kappa shape index (κ3) is 4.31. The second kappa shape index (κ2) is 9.05. The lowest BCUT2D eigenvalue weighted by Crippen LogP contribution is -2.20. The smallest absolute Gasteiger partial charge is 0.300 e. The van der Waals surface area contributed by atoms with E-state index in [1.165, 1.54) is 16.3 Å². The van der Waals surface area contributed by atoms with Crippen LogP contribution in [0.4, 0.5) is 0 Å². The van der Waals surface area contributed by atoms with Crippen LogP contribution >= 0.6 is 11.8 Å². The highest BCUT2D eigenvalue weighted by atomic mass is 32.2. The van der Waals surface area contributed by atoms with Crippen LogP contribution in [-0.2, 0) is 0 Å². The van der Waals surface area contributed by atoms with Crippen molar-refractivity contribution in [3.63, 3.8) is 0 Å². The molecule has 0 bridgehead atoms. The van der Waals surface area contributed by atoms with E-state index in [-0.39, 0.29) is 22.7 Å². The molecule has 0 atom stereocenters. The summed E-state index contributed by atoms with van der Waals surface area (Å²) in [6, 6.07) is 14.2. The van der Waals surface area contributed by atoms with E-state index in [0.717, 1.165) is 5.75 Å². The number of aromatic nitrogens is 4. The van der Waals surface area contributed by atoms with Crippen molar-refractivity contribution >= 4 is 23.2 Å². The van der Waals surface area contributed by atoms with Crippen LogP contribution in [0, 0.1) is 0 Å². The van der Waals surface area contributed by atoms with Crippen molar-refractivity contribution in [2.24, 2.45) is 0 Å². The molecule has 0 aliphatic rings. The molecule has 2 heterocycles. The maximum absolute atomic E-state index is 12.9. The van der Waals surface area contributed by atoms with E-state index in [9.17, 15) is 9.59 Å². The second-order valence-corrected chi connectivity index (χ2v) is 7.46. The zero-order valence-corrected chi connectivity index (χ0v) is 17.8. The van der Waals surface area contributed by atoms with Crippen LogP contribution in [-0.4, -0.2) is 44.4 Å². The van der Waals surface area contributed by atoms with Gasteiger partial charge in [-0.3, -0.25) is 18.6 Å². The van der Waals surface area contributed by atoms with Crippen molar-refractivity contribution in [2.75, 3.05) is 19.5 Å². The van der Waals surface area contributed by atoms with Crippen LogP contribution in [0.5, 0.6) is 11.5 Å². The van der Waals surface area contributed by atoms with Crippen LogP contribution in [0.2, 0.25) is 0 Å². The van der Waals surface area contributed by atoms with Gasteiger partial charge in [0.15, 0.2) is 10.9 Å². The zero-order chi connectivity index (χ0) is 21.8. The normalized spacial score (nSPS) is 10.9. The first kappa shape index (κ1) is 20.7. The Bertz CT molecular complexity index is 1260. The number of benzene rings is 2. The Morgan fingerprint density at radius 3 is 2.39 bits per heavy atom. The molecule has 31 heavy (non-hydrogen) atoms. The Hall–Kier alpha value is -3.59. The summed E-state index contributed by atoms with van der Waals surface area (Å²) in [5, 5.41) is 8.60. The molecule has 8 nitrogen and oxygen atoms in total. The van der Waals surface area contributed by atoms with Crippen LogP contribution in [0.25, 0.3) is 11.3 Å². The van der Waals surface area contributed by atoms with Gasteiger partial charge in [0.1, 0.15) is 11.5 Å². The number of carbonyl (C=O) groups excluding carboxylic acids is 1. The number of hydrogen-bond donors (Lipinski definition) is 0. The summed E-state index contributed by atoms with van der Waals surface area (Å²) < 4.78 is 13.6. The van der Waals surface area contributed by atoms with E-state index < -0.39 is 0 Å². The highest BCUT2D eigenvalue weighted by Gasteiger charge is 2.14. The highest BCUT2D eigenvalue weighted by Crippen LogP contribution is 2.20. The quantitative estimate of drug-likeness (QED) is 0.309. The average molecular weight is 436 g/mol. The molecule has 0 saturated carbocycles. The molecule has 4 rings (SSSR count). The summed E-state index contributed by atoms with van der Waals surface area (Å²) in [6.07, 6.45) is 3.37. The predicted molar refractivity (Wildman–Crippen MR) is 118 cm³/mol. The van der Waals surface area contributed by atoms with Crippen molar-refractivity contribution < 1.29 is 14.3 Å². The van der Waals surface area contributed by atoms with Gasteiger partial charge >= 0.3 is 5.56 Å². The average Bonchev–Trinajstić information content (AvgIpc) is 3.22. The molecule has 0 amide bonds. The fraction of sp³-hybridized carbons (Fsp3) is 0.182. The summed E-state index contributed by atoms with van der Waals surface area (Å²) in [5.74, 6) is 1.56. The van der Waals surface area contributed by atoms with Gasteiger partial charge in [-0.25, -0.2) is 0 Å². The number of carbonyl (C=O) groups is 1. The molecule has 4 aromatic rings. The van der Waals surface area contributed by atoms with E-state index in [4.69, 9.17) is 9.47 Å². The van der Waals surface area contributed by atoms with E-state index >= 15 is 0 Å². The lowest BCUT2D eigenvalue weighted by molar-refractivity contribution is 0.102. The van der Waals surface area contributed by atoms with Gasteiger partial charge in [-0.1, -0.05) is 11.8 Å². The van der Waals surface area contributed by atoms with Crippen molar-refractivity contribution in [3.8, 4) is 17.2 Å². The fourth-order valence-corrected chi connectivity index (χ4v) is 3.84. The van der Waals surface area contributed by atoms with Crippen molar-refractivity contribution in [1.82, 2.24) is 19.2 Å². The second-order valence-electron chi connectivity index (χ2n) is 6.52. The third-order valence-electron chi connectivity index (χ3n) is 4.61. The lowest BCUT2D eigenvalue weighted by Gasteiger charge is -2.08. The number of fused-ring (bicyclic) bond motifs is 1. The zero-order valence-electron chi connectivity index (χ0n) is 17.0. The van der Waals surface area contributed by atoms with Crippen LogP contribution < -0.4 is 15.0 Å². The number of hydrogen-bond acceptors (Lipinski definition) is 7. The van der Waals surface area contributed by atoms with Gasteiger partial charge in [-0.15, -0.1) is 10.2 Å². The SMILES string of the molecule is CCOc1ccc(-n2ccn3c(SCC(=O)c4ccc(OC)cc4)nnc3c2=O)cc1. The molecule has 9 heteroatoms. The number of ether oxygens (including phenoxy) is 2. The lowest BCUT2D eigenvalue weighted by atomic mass is 10.1. The van der Waals surface area contributed by atoms with Gasteiger partial charge in [0, 0.05) is 23.6 Å². The fourth-order valence-electron chi connectivity index (χ4n) is 3.03. The maximum Gasteiger partial charge on any atom is 0.300 e. The summed E-state index contributed by atoms with van der Waals surface area (Å²) in [4.78, 5) is 25.4. The molecule has 2 aromatic heterocycles. The van der Waals surface area contributed by atoms with Gasteiger partial charge in [-0.2, -0.15) is 0 Å². The van der Waals surface area contributed by atoms with Crippen molar-refractivity contribution in [1.29, 1.82) is 0 Å². The number of thioether (sulfide) groups is 1. The highest BCUT2D eigenvalue weighted by molar-refractivity contribution is 7.99. The van der Waals surface area contributed by atoms with Crippen LogP contribution in [0.3, 0.4) is 0 Å². The Morgan fingerprint density at radius 1 is 1.00 bits per heavy atom. The number of ketones is 1. The summed E-state index contributed by atoms with van der Waals surface area (Å²) in [6.45, 7) is 2.49. The molecular weight excluding hydrogens is 416 g/mol. The number of methoxy groups -OCH3 is 1. The minimum atomic E-state index is -0.299. The largest absolute Gasteiger partial charge is 0.497 e. The van der Waals surface area contributed by atoms with Gasteiger partial charge in [0.2, 0.25) is 5.65 Å². The Morgan fingerprint density at radius 2 is 1.71 bits per heavy atom. The number of rotatable bonds is 8. The Balaban J connectivity index is 1.53. The molecule has 0 N–H and O–H groups in total. The molecule has 0 aliphatic carbocycles. The monoisotopic (exact) mass is 436 g/mol. The molecular formula is C22H20N4O4S. The Kier molecular flexibility index (Phi) is 6.03. The van der Waals surface area contributed by atoms with Gasteiger partial charge in [-0.05, 0) is 55.5 Å². The van der Waals surface area contributed by atoms with Gasteiger partial charge in [0.25, 0.3) is 0 Å². The molecule has 0 spiro atoms. The molecule has 0 aliphatic heterocycles. The molecule has 2 aromatic carbocycles. The van der Waals surface area contributed by atoms with E-state index in [1.807, 2.05) is 31.2 Å². The molecule has 0 fully saturated rings. The van der Waals surface area contributed by atoms with E-state index in [2.05, 4.69) is 10.2 Å². The standard InChI is InChI=1S/C22H20N4O4S/c1-3-30-18-10-6-16(7-11-18)25-12-13-26-20(21(25)28)23-24-22(26)31-14-19(27)15-4-8-17(29-2)9-5-15/h4-13H,3,14H2,1-2H3. The number of Topliss-reactive ketones (excluding diaryl/α,β-unsaturated/α-hetero) is 1. The number of nitrogens with zero attached hydrogens (tertiary/aromatic N) is 4. The predicted octanol–water partition coefficient (Wildman–Crippen LogP) is 3.26. The summed E-state index contributed by atoms with van der Waals surface area (Å²) >= 11 is 1.23. The minimum absolute atomic E-state index is 0.0490. The van der Waals surface area contributed by atoms with Gasteiger partial charge in [0.05, 0.1) is 19.5 Å². The summed E-state index contributed by atoms with van der Waals surface area (Å²) in [5.41, 5.74) is 1.17. The summed E-state index contributed by atoms with van der Waals surface area (Å²) in [7, 11) is 1.58. The minimum Gasteiger partial charge on any atom is -0.497 e. The van der Waals surface area contributed by atoms with Crippen LogP contribution in [0.15, 0.2) is 70.9 Å². The van der Waals surface area contributed by atoms with Crippen molar-refractivity contribution in [3.05, 3.63) is 76.8 Å². The molecule has 158 valence electrons.